The number of carbonyl (C=O) groups is 2. The van der Waals surface area contributed by atoms with Gasteiger partial charge in [0, 0.05) is 41.8 Å². The molecule has 1 spiro atoms. The Labute approximate surface area is 196 Å². The highest BCUT2D eigenvalue weighted by Crippen LogP contribution is 2.32. The Morgan fingerprint density at radius 1 is 1.15 bits per heavy atom. The first-order valence-corrected chi connectivity index (χ1v) is 11.1. The number of nitrogens with zero attached hydrogens (tertiary/aromatic N) is 4. The maximum absolute atomic E-state index is 13.4. The average molecular weight is 467 g/mol. The fourth-order valence-corrected chi connectivity index (χ4v) is 4.46. The molecule has 0 unspecified atom stereocenters. The molecule has 0 radical (unpaired) electrons. The number of anilines is 1. The summed E-state index contributed by atoms with van der Waals surface area (Å²) >= 11 is 6.10. The number of benzene rings is 2. The van der Waals surface area contributed by atoms with Crippen LogP contribution >= 0.6 is 11.6 Å². The molecular weight excluding hydrogens is 444 g/mol. The number of aromatic nitrogens is 2. The van der Waals surface area contributed by atoms with Crippen LogP contribution in [0.4, 0.5) is 10.5 Å². The first-order chi connectivity index (χ1) is 16.0. The third-order valence-corrected chi connectivity index (χ3v) is 6.06. The maximum Gasteiger partial charge on any atom is 0.415 e. The van der Waals surface area contributed by atoms with E-state index in [-0.39, 0.29) is 25.6 Å². The topological polar surface area (TPSA) is 76.9 Å². The fourth-order valence-electron chi connectivity index (χ4n) is 4.28. The summed E-state index contributed by atoms with van der Waals surface area (Å²) in [6.45, 7) is 2.16. The monoisotopic (exact) mass is 466 g/mol. The minimum Gasteiger partial charge on any atom is -0.436 e. The molecule has 8 nitrogen and oxygen atoms in total. The van der Waals surface area contributed by atoms with Crippen LogP contribution in [-0.4, -0.2) is 64.9 Å². The normalized spacial score (nSPS) is 20.7. The summed E-state index contributed by atoms with van der Waals surface area (Å²) in [4.78, 5) is 33.4. The summed E-state index contributed by atoms with van der Waals surface area (Å²) in [6, 6.07) is 14.6. The van der Waals surface area contributed by atoms with E-state index in [9.17, 15) is 9.59 Å². The summed E-state index contributed by atoms with van der Waals surface area (Å²) < 4.78 is 13.5. The van der Waals surface area contributed by atoms with E-state index < -0.39 is 11.7 Å². The summed E-state index contributed by atoms with van der Waals surface area (Å²) in [7, 11) is 0. The van der Waals surface area contributed by atoms with E-state index in [0.717, 1.165) is 5.56 Å². The van der Waals surface area contributed by atoms with Gasteiger partial charge < -0.3 is 18.9 Å². The molecule has 2 amide bonds. The lowest BCUT2D eigenvalue weighted by Crippen LogP contribution is -2.49. The van der Waals surface area contributed by atoms with E-state index in [1.807, 2.05) is 29.0 Å². The van der Waals surface area contributed by atoms with E-state index in [4.69, 9.17) is 21.1 Å². The number of amides is 2. The number of carbonyl (C=O) groups excluding carboxylic acids is 2. The van der Waals surface area contributed by atoms with E-state index >= 15 is 0 Å². The van der Waals surface area contributed by atoms with Gasteiger partial charge in [0.25, 0.3) is 5.91 Å². The van der Waals surface area contributed by atoms with Gasteiger partial charge in [-0.3, -0.25) is 9.69 Å². The first kappa shape index (κ1) is 21.5. The molecule has 33 heavy (non-hydrogen) atoms. The predicted octanol–water partition coefficient (Wildman–Crippen LogP) is 3.45. The zero-order valence-electron chi connectivity index (χ0n) is 17.9. The Morgan fingerprint density at radius 3 is 2.85 bits per heavy atom. The number of halogens is 1. The summed E-state index contributed by atoms with van der Waals surface area (Å²) in [5, 5.41) is 0.533. The molecule has 5 rings (SSSR count). The highest BCUT2D eigenvalue weighted by atomic mass is 35.5. The van der Waals surface area contributed by atoms with Gasteiger partial charge in [0.1, 0.15) is 0 Å². The second-order valence-corrected chi connectivity index (χ2v) is 8.77. The second-order valence-electron chi connectivity index (χ2n) is 8.33. The number of hydrogen-bond acceptors (Lipinski definition) is 5. The fraction of sp³-hybridized carbons (Fsp3) is 0.292. The molecule has 2 saturated heterocycles. The molecule has 2 aromatic carbocycles. The lowest BCUT2D eigenvalue weighted by Gasteiger charge is -2.29. The molecule has 0 saturated carbocycles. The SMILES string of the molecule is O=C(c1cccc(Cn2ccnc2)c1)N1CCOC[C@]2(C1)CN(c1cccc(Cl)c1)C(=O)O2. The number of imidazole rings is 1. The minimum absolute atomic E-state index is 0.121. The molecule has 0 bridgehead atoms. The largest absolute Gasteiger partial charge is 0.436 e. The third-order valence-electron chi connectivity index (χ3n) is 5.83. The molecule has 0 aliphatic carbocycles. The Morgan fingerprint density at radius 2 is 2.03 bits per heavy atom. The van der Waals surface area contributed by atoms with Gasteiger partial charge >= 0.3 is 6.09 Å². The van der Waals surface area contributed by atoms with Crippen molar-refractivity contribution >= 4 is 29.3 Å². The smallest absolute Gasteiger partial charge is 0.415 e. The Hall–Kier alpha value is -3.36. The Bertz CT molecular complexity index is 1170. The van der Waals surface area contributed by atoms with Crippen molar-refractivity contribution in [2.45, 2.75) is 12.1 Å². The van der Waals surface area contributed by atoms with E-state index in [1.54, 1.807) is 47.8 Å². The van der Waals surface area contributed by atoms with Crippen LogP contribution in [0.15, 0.2) is 67.3 Å². The molecule has 2 fully saturated rings. The zero-order valence-corrected chi connectivity index (χ0v) is 18.6. The molecule has 0 N–H and O–H groups in total. The highest BCUT2D eigenvalue weighted by Gasteiger charge is 2.49. The average Bonchev–Trinajstić information content (AvgIpc) is 3.37. The van der Waals surface area contributed by atoms with E-state index in [1.165, 1.54) is 4.90 Å². The van der Waals surface area contributed by atoms with Crippen LogP contribution in [0.25, 0.3) is 0 Å². The van der Waals surface area contributed by atoms with Crippen LogP contribution < -0.4 is 4.90 Å². The molecule has 1 aromatic heterocycles. The molecule has 170 valence electrons. The standard InChI is InChI=1S/C24H23ClN4O4/c25-20-5-2-6-21(12-20)29-15-24(33-23(29)31)14-28(9-10-32-16-24)22(30)19-4-1-3-18(11-19)13-27-8-7-26-17-27/h1-8,11-12,17H,9-10,13-16H2/t24-/m0/s1. The predicted molar refractivity (Wildman–Crippen MR) is 123 cm³/mol. The molecule has 3 aromatic rings. The quantitative estimate of drug-likeness (QED) is 0.588. The molecule has 9 heteroatoms. The van der Waals surface area contributed by atoms with Crippen molar-refractivity contribution in [2.75, 3.05) is 37.7 Å². The first-order valence-electron chi connectivity index (χ1n) is 10.7. The van der Waals surface area contributed by atoms with Gasteiger partial charge in [0.15, 0.2) is 5.60 Å². The van der Waals surface area contributed by atoms with Crippen LogP contribution in [0.5, 0.6) is 0 Å². The lowest BCUT2D eigenvalue weighted by molar-refractivity contribution is -0.0140. The molecule has 1 atom stereocenters. The van der Waals surface area contributed by atoms with Crippen molar-refractivity contribution in [3.05, 3.63) is 83.4 Å². The lowest BCUT2D eigenvalue weighted by atomic mass is 10.0. The van der Waals surface area contributed by atoms with Crippen LogP contribution in [-0.2, 0) is 16.0 Å². The van der Waals surface area contributed by atoms with Crippen molar-refractivity contribution in [1.29, 1.82) is 0 Å². The van der Waals surface area contributed by atoms with Gasteiger partial charge in [0.05, 0.1) is 32.6 Å². The minimum atomic E-state index is -0.944. The maximum atomic E-state index is 13.4. The molecule has 2 aliphatic heterocycles. The number of hydrogen-bond donors (Lipinski definition) is 0. The number of rotatable bonds is 4. The van der Waals surface area contributed by atoms with Crippen molar-refractivity contribution < 1.29 is 19.1 Å². The Kier molecular flexibility index (Phi) is 5.78. The van der Waals surface area contributed by atoms with Gasteiger partial charge in [-0.1, -0.05) is 29.8 Å². The van der Waals surface area contributed by atoms with Crippen LogP contribution in [0.2, 0.25) is 5.02 Å². The van der Waals surface area contributed by atoms with Crippen LogP contribution in [0.3, 0.4) is 0 Å². The zero-order chi connectivity index (χ0) is 22.8. The van der Waals surface area contributed by atoms with E-state index in [0.29, 0.717) is 36.0 Å². The van der Waals surface area contributed by atoms with Gasteiger partial charge in [-0.25, -0.2) is 9.78 Å². The summed E-state index contributed by atoms with van der Waals surface area (Å²) in [5.74, 6) is -0.121. The molecule has 3 heterocycles. The summed E-state index contributed by atoms with van der Waals surface area (Å²) in [5.41, 5.74) is 1.29. The van der Waals surface area contributed by atoms with Gasteiger partial charge in [-0.15, -0.1) is 0 Å². The third kappa shape index (κ3) is 4.58. The van der Waals surface area contributed by atoms with Gasteiger partial charge in [0.2, 0.25) is 0 Å². The van der Waals surface area contributed by atoms with Crippen LogP contribution in [0.1, 0.15) is 15.9 Å². The Balaban J connectivity index is 1.35. The summed E-state index contributed by atoms with van der Waals surface area (Å²) in [6.07, 6.45) is 4.87. The second kappa shape index (κ2) is 8.88. The van der Waals surface area contributed by atoms with E-state index in [2.05, 4.69) is 4.98 Å². The highest BCUT2D eigenvalue weighted by molar-refractivity contribution is 6.30. The van der Waals surface area contributed by atoms with Crippen LogP contribution in [0, 0.1) is 0 Å². The van der Waals surface area contributed by atoms with Gasteiger partial charge in [-0.05, 0) is 35.9 Å². The van der Waals surface area contributed by atoms with Crippen molar-refractivity contribution in [3.63, 3.8) is 0 Å². The van der Waals surface area contributed by atoms with Crippen molar-refractivity contribution in [2.24, 2.45) is 0 Å². The molecule has 2 aliphatic rings. The number of ether oxygens (including phenoxy) is 2. The van der Waals surface area contributed by atoms with Crippen molar-refractivity contribution in [3.8, 4) is 0 Å². The van der Waals surface area contributed by atoms with Gasteiger partial charge in [-0.2, -0.15) is 0 Å². The molecular formula is C24H23ClN4O4. The van der Waals surface area contributed by atoms with Crippen molar-refractivity contribution in [1.82, 2.24) is 14.5 Å².